The third-order valence-corrected chi connectivity index (χ3v) is 7.38. The van der Waals surface area contributed by atoms with Gasteiger partial charge in [-0.15, -0.1) is 11.3 Å². The number of hydrogen-bond donors (Lipinski definition) is 2. The number of aromatic hydroxyl groups is 2. The zero-order valence-electron chi connectivity index (χ0n) is 18.8. The number of ether oxygens (including phenoxy) is 2. The van der Waals surface area contributed by atoms with Crippen LogP contribution in [-0.2, 0) is 0 Å². The molecule has 1 fully saturated rings. The molecule has 0 unspecified atom stereocenters. The molecule has 1 saturated heterocycles. The summed E-state index contributed by atoms with van der Waals surface area (Å²) in [6, 6.07) is 19.6. The van der Waals surface area contributed by atoms with E-state index in [9.17, 15) is 15.4 Å². The van der Waals surface area contributed by atoms with Crippen molar-refractivity contribution in [2.24, 2.45) is 0 Å². The van der Waals surface area contributed by atoms with Crippen molar-refractivity contribution in [3.05, 3.63) is 71.9 Å². The molecule has 0 radical (unpaired) electrons. The van der Waals surface area contributed by atoms with E-state index in [1.165, 1.54) is 11.3 Å². The van der Waals surface area contributed by atoms with Crippen LogP contribution in [-0.4, -0.2) is 41.1 Å². The predicted octanol–water partition coefficient (Wildman–Crippen LogP) is 6.65. The lowest BCUT2D eigenvalue weighted by molar-refractivity contribution is -0.885. The summed E-state index contributed by atoms with van der Waals surface area (Å²) >= 11 is 1.52. The Balaban J connectivity index is 1.33. The van der Waals surface area contributed by atoms with E-state index in [2.05, 4.69) is 0 Å². The minimum atomic E-state index is -0.151. The first-order valence-electron chi connectivity index (χ1n) is 11.5. The number of hydrogen-bond acceptors (Lipinski definition) is 6. The lowest BCUT2D eigenvalue weighted by Crippen LogP contribution is -2.48. The molecular formula is C27H27NO5S. The highest BCUT2D eigenvalue weighted by Gasteiger charge is 2.20. The fourth-order valence-corrected chi connectivity index (χ4v) is 5.50. The van der Waals surface area contributed by atoms with Gasteiger partial charge in [0.15, 0.2) is 5.75 Å². The summed E-state index contributed by atoms with van der Waals surface area (Å²) in [5, 5.41) is 33.1. The Hall–Kier alpha value is -3.26. The molecule has 1 aliphatic rings. The van der Waals surface area contributed by atoms with Crippen molar-refractivity contribution in [1.82, 2.24) is 0 Å². The van der Waals surface area contributed by atoms with Crippen LogP contribution in [0.1, 0.15) is 19.3 Å². The zero-order valence-corrected chi connectivity index (χ0v) is 19.6. The number of benzene rings is 3. The van der Waals surface area contributed by atoms with Crippen LogP contribution in [0.5, 0.6) is 28.7 Å². The number of phenols is 2. The standard InChI is InChI=1S/C27H27NO5S/c29-20-6-4-19(5-7-20)27-26(24-13-8-21(30)18-25(24)34-27)33-23-11-9-22(10-12-23)32-17-16-28(31)14-2-1-3-15-28/h4-13,18,29-30H,1-3,14-17H2. The van der Waals surface area contributed by atoms with Crippen LogP contribution >= 0.6 is 11.3 Å². The molecule has 0 spiro atoms. The van der Waals surface area contributed by atoms with Crippen molar-refractivity contribution >= 4 is 21.4 Å². The van der Waals surface area contributed by atoms with Gasteiger partial charge in [-0.25, -0.2) is 0 Å². The van der Waals surface area contributed by atoms with Gasteiger partial charge in [0.25, 0.3) is 0 Å². The Bertz CT molecular complexity index is 1260. The summed E-state index contributed by atoms with van der Waals surface area (Å²) in [5.41, 5.74) is 0.917. The predicted molar refractivity (Wildman–Crippen MR) is 135 cm³/mol. The van der Waals surface area contributed by atoms with Crippen molar-refractivity contribution in [1.29, 1.82) is 0 Å². The Morgan fingerprint density at radius 3 is 2.24 bits per heavy atom. The van der Waals surface area contributed by atoms with Gasteiger partial charge in [-0.2, -0.15) is 0 Å². The number of fused-ring (bicyclic) bond motifs is 1. The van der Waals surface area contributed by atoms with Gasteiger partial charge in [-0.1, -0.05) is 0 Å². The number of rotatable bonds is 7. The van der Waals surface area contributed by atoms with Gasteiger partial charge < -0.3 is 29.5 Å². The summed E-state index contributed by atoms with van der Waals surface area (Å²) in [6.45, 7) is 2.24. The molecule has 2 N–H and O–H groups in total. The highest BCUT2D eigenvalue weighted by Crippen LogP contribution is 2.47. The maximum Gasteiger partial charge on any atom is 0.153 e. The van der Waals surface area contributed by atoms with Crippen molar-refractivity contribution in [2.45, 2.75) is 19.3 Å². The summed E-state index contributed by atoms with van der Waals surface area (Å²) in [7, 11) is 0. The zero-order chi connectivity index (χ0) is 23.5. The molecule has 5 rings (SSSR count). The smallest absolute Gasteiger partial charge is 0.153 e. The molecule has 1 aliphatic heterocycles. The highest BCUT2D eigenvalue weighted by atomic mass is 32.1. The van der Waals surface area contributed by atoms with Gasteiger partial charge in [0.05, 0.1) is 18.0 Å². The van der Waals surface area contributed by atoms with Gasteiger partial charge in [0, 0.05) is 10.1 Å². The Morgan fingerprint density at radius 2 is 1.50 bits per heavy atom. The van der Waals surface area contributed by atoms with E-state index in [4.69, 9.17) is 9.47 Å². The van der Waals surface area contributed by atoms with Crippen molar-refractivity contribution in [3.63, 3.8) is 0 Å². The van der Waals surface area contributed by atoms with Gasteiger partial charge in [-0.05, 0) is 91.6 Å². The maximum atomic E-state index is 12.6. The van der Waals surface area contributed by atoms with E-state index in [-0.39, 0.29) is 16.1 Å². The van der Waals surface area contributed by atoms with Gasteiger partial charge in [0.2, 0.25) is 0 Å². The van der Waals surface area contributed by atoms with E-state index in [0.717, 1.165) is 39.8 Å². The minimum Gasteiger partial charge on any atom is -0.633 e. The molecule has 6 nitrogen and oxygen atoms in total. The second kappa shape index (κ2) is 9.54. The topological polar surface area (TPSA) is 82.0 Å². The number of phenolic OH excluding ortho intramolecular Hbond substituents is 2. The first kappa shape index (κ1) is 22.5. The fourth-order valence-electron chi connectivity index (χ4n) is 4.33. The molecule has 1 aromatic heterocycles. The lowest BCUT2D eigenvalue weighted by atomic mass is 10.1. The Morgan fingerprint density at radius 1 is 0.824 bits per heavy atom. The Kier molecular flexibility index (Phi) is 6.32. The van der Waals surface area contributed by atoms with Gasteiger partial charge >= 0.3 is 0 Å². The van der Waals surface area contributed by atoms with E-state index in [1.54, 1.807) is 24.3 Å². The highest BCUT2D eigenvalue weighted by molar-refractivity contribution is 7.22. The molecule has 34 heavy (non-hydrogen) atoms. The number of likely N-dealkylation sites (tertiary alicyclic amines) is 1. The van der Waals surface area contributed by atoms with E-state index in [0.29, 0.717) is 43.5 Å². The van der Waals surface area contributed by atoms with Crippen LogP contribution < -0.4 is 9.47 Å². The normalized spacial score (nSPS) is 15.3. The fraction of sp³-hybridized carbons (Fsp3) is 0.259. The maximum absolute atomic E-state index is 12.6. The molecule has 0 bridgehead atoms. The van der Waals surface area contributed by atoms with Crippen molar-refractivity contribution < 1.29 is 24.3 Å². The van der Waals surface area contributed by atoms with E-state index >= 15 is 0 Å². The third kappa shape index (κ3) is 4.97. The molecule has 0 saturated carbocycles. The van der Waals surface area contributed by atoms with E-state index in [1.807, 2.05) is 42.5 Å². The van der Waals surface area contributed by atoms with Crippen LogP contribution in [0.15, 0.2) is 66.7 Å². The summed E-state index contributed by atoms with van der Waals surface area (Å²) in [5.74, 6) is 2.46. The molecule has 0 atom stereocenters. The molecule has 7 heteroatoms. The van der Waals surface area contributed by atoms with Crippen molar-refractivity contribution in [3.8, 4) is 39.2 Å². The Labute approximate surface area is 202 Å². The summed E-state index contributed by atoms with van der Waals surface area (Å²) in [6.07, 6.45) is 3.15. The number of thiophene rings is 1. The van der Waals surface area contributed by atoms with Crippen LogP contribution in [0, 0.1) is 5.21 Å². The first-order chi connectivity index (χ1) is 16.5. The number of nitrogens with zero attached hydrogens (tertiary/aromatic N) is 1. The number of piperidine rings is 1. The van der Waals surface area contributed by atoms with Crippen LogP contribution in [0.4, 0.5) is 0 Å². The lowest BCUT2D eigenvalue weighted by Gasteiger charge is -2.45. The second-order valence-electron chi connectivity index (χ2n) is 8.70. The van der Waals surface area contributed by atoms with Crippen LogP contribution in [0.3, 0.4) is 0 Å². The van der Waals surface area contributed by atoms with Gasteiger partial charge in [-0.3, -0.25) is 0 Å². The first-order valence-corrected chi connectivity index (χ1v) is 12.3. The van der Waals surface area contributed by atoms with E-state index < -0.39 is 0 Å². The van der Waals surface area contributed by atoms with Crippen LogP contribution in [0.2, 0.25) is 0 Å². The molecule has 4 aromatic rings. The molecular weight excluding hydrogens is 450 g/mol. The minimum absolute atomic E-state index is 0.151. The molecule has 0 aliphatic carbocycles. The molecule has 3 aromatic carbocycles. The van der Waals surface area contributed by atoms with Gasteiger partial charge in [0.1, 0.15) is 36.1 Å². The number of quaternary nitrogens is 1. The summed E-state index contributed by atoms with van der Waals surface area (Å²) < 4.78 is 12.9. The third-order valence-electron chi connectivity index (χ3n) is 6.20. The second-order valence-corrected chi connectivity index (χ2v) is 9.75. The summed E-state index contributed by atoms with van der Waals surface area (Å²) in [4.78, 5) is 0.909. The quantitative estimate of drug-likeness (QED) is 0.230. The monoisotopic (exact) mass is 477 g/mol. The molecule has 176 valence electrons. The average molecular weight is 478 g/mol. The number of hydroxylamine groups is 3. The molecule has 0 amide bonds. The SMILES string of the molecule is [O-][N+]1(CCOc2ccc(Oc3c(-c4ccc(O)cc4)sc4cc(O)ccc34)cc2)CCCCC1. The molecule has 2 heterocycles. The largest absolute Gasteiger partial charge is 0.633 e. The van der Waals surface area contributed by atoms with Crippen molar-refractivity contribution in [2.75, 3.05) is 26.2 Å². The average Bonchev–Trinajstić information content (AvgIpc) is 3.18. The van der Waals surface area contributed by atoms with Crippen LogP contribution in [0.25, 0.3) is 20.5 Å².